The first-order chi connectivity index (χ1) is 21.6. The van der Waals surface area contributed by atoms with Gasteiger partial charge in [-0.15, -0.1) is 0 Å². The van der Waals surface area contributed by atoms with Gasteiger partial charge in [-0.3, -0.25) is 15.0 Å². The zero-order valence-electron chi connectivity index (χ0n) is 24.6. The normalized spacial score (nSPS) is 13.6. The number of nitrogens with zero attached hydrogens (tertiary/aromatic N) is 4. The molecule has 1 unspecified atom stereocenters. The summed E-state index contributed by atoms with van der Waals surface area (Å²) in [6.45, 7) is 2.23. The fraction of sp³-hybridized carbons (Fsp3) is 0.250. The number of sulfonamides is 1. The number of halogens is 2. The number of hydrogen-bond acceptors (Lipinski definition) is 8. The van der Waals surface area contributed by atoms with Crippen molar-refractivity contribution >= 4 is 32.5 Å². The number of H-pyrrole nitrogens is 1. The molecule has 1 aliphatic heterocycles. The van der Waals surface area contributed by atoms with Crippen LogP contribution in [0.5, 0.6) is 0 Å². The molecular weight excluding hydrogens is 600 g/mol. The Balaban J connectivity index is 1.34. The molecule has 0 fully saturated rings. The molecule has 1 atom stereocenters. The lowest BCUT2D eigenvalue weighted by Gasteiger charge is -2.15. The summed E-state index contributed by atoms with van der Waals surface area (Å²) in [6.07, 6.45) is 7.41. The largest absolute Gasteiger partial charge is 0.374 e. The minimum absolute atomic E-state index is 0.0888. The summed E-state index contributed by atoms with van der Waals surface area (Å²) in [6, 6.07) is 11.2. The van der Waals surface area contributed by atoms with Crippen LogP contribution in [-0.4, -0.2) is 51.7 Å². The van der Waals surface area contributed by atoms with E-state index in [9.17, 15) is 17.9 Å². The number of aliphatic hydroxyl groups excluding tert-OH is 1. The highest BCUT2D eigenvalue weighted by Gasteiger charge is 2.27. The molecule has 0 radical (unpaired) electrons. The molecule has 5 aromatic rings. The minimum Gasteiger partial charge on any atom is -0.374 e. The van der Waals surface area contributed by atoms with Gasteiger partial charge in [0, 0.05) is 41.2 Å². The number of aromatic nitrogens is 4. The van der Waals surface area contributed by atoms with Gasteiger partial charge in [0.1, 0.15) is 29.1 Å². The maximum Gasteiger partial charge on any atom is 0.209 e. The molecule has 3 aromatic heterocycles. The minimum atomic E-state index is -3.48. The van der Waals surface area contributed by atoms with Crippen molar-refractivity contribution < 1.29 is 22.3 Å². The summed E-state index contributed by atoms with van der Waals surface area (Å²) >= 11 is 0. The van der Waals surface area contributed by atoms with E-state index in [0.29, 0.717) is 73.8 Å². The third-order valence-corrected chi connectivity index (χ3v) is 8.15. The number of pyridine rings is 2. The molecule has 0 saturated carbocycles. The first-order valence-electron chi connectivity index (χ1n) is 14.5. The van der Waals surface area contributed by atoms with Crippen LogP contribution in [0.3, 0.4) is 0 Å². The SMILES string of the molecule is CCCCC(O)Nc1cncc(-c2ccc3c(c2F)C(c2nc4c(-c5cc(F)cc(CNS(C)(=O)=O)c5)nccc4[nH]2)=NC3)c1. The fourth-order valence-electron chi connectivity index (χ4n) is 5.35. The van der Waals surface area contributed by atoms with Gasteiger partial charge in [-0.2, -0.15) is 0 Å². The van der Waals surface area contributed by atoms with Crippen LogP contribution in [0.1, 0.15) is 48.7 Å². The molecule has 0 spiro atoms. The molecule has 0 amide bonds. The maximum absolute atomic E-state index is 16.3. The number of fused-ring (bicyclic) bond motifs is 2. The molecule has 13 heteroatoms. The Morgan fingerprint density at radius 3 is 2.73 bits per heavy atom. The summed E-state index contributed by atoms with van der Waals surface area (Å²) in [4.78, 5) is 21.2. The van der Waals surface area contributed by atoms with Gasteiger partial charge in [0.2, 0.25) is 10.0 Å². The van der Waals surface area contributed by atoms with Crippen molar-refractivity contribution in [1.29, 1.82) is 0 Å². The second-order valence-corrected chi connectivity index (χ2v) is 12.8. The molecule has 2 aromatic carbocycles. The molecule has 0 aliphatic carbocycles. The highest BCUT2D eigenvalue weighted by atomic mass is 32.2. The van der Waals surface area contributed by atoms with Crippen molar-refractivity contribution in [3.63, 3.8) is 0 Å². The lowest BCUT2D eigenvalue weighted by Crippen LogP contribution is -2.21. The number of unbranched alkanes of at least 4 members (excludes halogenated alkanes) is 1. The summed E-state index contributed by atoms with van der Waals surface area (Å²) in [5, 5.41) is 13.3. The van der Waals surface area contributed by atoms with Crippen LogP contribution in [0.4, 0.5) is 14.5 Å². The van der Waals surface area contributed by atoms with Crippen LogP contribution >= 0.6 is 0 Å². The molecule has 4 heterocycles. The Morgan fingerprint density at radius 2 is 1.93 bits per heavy atom. The molecule has 6 rings (SSSR count). The monoisotopic (exact) mass is 631 g/mol. The van der Waals surface area contributed by atoms with E-state index in [-0.39, 0.29) is 13.1 Å². The second-order valence-electron chi connectivity index (χ2n) is 11.0. The fourth-order valence-corrected chi connectivity index (χ4v) is 5.78. The highest BCUT2D eigenvalue weighted by molar-refractivity contribution is 7.88. The van der Waals surface area contributed by atoms with Gasteiger partial charge in [-0.05, 0) is 54.3 Å². The van der Waals surface area contributed by atoms with E-state index in [2.05, 4.69) is 30.0 Å². The smallest absolute Gasteiger partial charge is 0.209 e. The highest BCUT2D eigenvalue weighted by Crippen LogP contribution is 2.34. The van der Waals surface area contributed by atoms with Gasteiger partial charge in [0.05, 0.1) is 35.9 Å². The van der Waals surface area contributed by atoms with Crippen molar-refractivity contribution in [2.75, 3.05) is 11.6 Å². The van der Waals surface area contributed by atoms with Crippen molar-refractivity contribution in [3.05, 3.63) is 95.2 Å². The molecule has 0 bridgehead atoms. The summed E-state index contributed by atoms with van der Waals surface area (Å²) < 4.78 is 56.4. The number of aliphatic imine (C=N–C) groups is 1. The van der Waals surface area contributed by atoms with Gasteiger partial charge in [0.25, 0.3) is 0 Å². The Labute approximate surface area is 258 Å². The molecule has 0 saturated heterocycles. The average molecular weight is 632 g/mol. The standard InChI is InChI=1S/C32H31F2N7O3S/c1-3-4-5-26(42)39-23-13-21(15-35-17-23)24-7-6-19-16-37-31(27(19)28(24)34)32-40-25-8-9-36-29(30(25)41-32)20-10-18(11-22(33)12-20)14-38-45(2,43)44/h6-13,15,17,26,38-39,42H,3-5,14,16H2,1-2H3,(H,40,41). The van der Waals surface area contributed by atoms with Crippen LogP contribution in [0.25, 0.3) is 33.4 Å². The van der Waals surface area contributed by atoms with Crippen LogP contribution in [0.2, 0.25) is 0 Å². The first kappa shape index (κ1) is 30.4. The Kier molecular flexibility index (Phi) is 8.40. The number of anilines is 1. The van der Waals surface area contributed by atoms with Crippen molar-refractivity contribution in [1.82, 2.24) is 24.7 Å². The zero-order valence-corrected chi connectivity index (χ0v) is 25.4. The first-order valence-corrected chi connectivity index (χ1v) is 16.3. The maximum atomic E-state index is 16.3. The van der Waals surface area contributed by atoms with E-state index in [0.717, 1.165) is 19.1 Å². The van der Waals surface area contributed by atoms with Crippen molar-refractivity contribution in [3.8, 4) is 22.4 Å². The molecule has 1 aliphatic rings. The summed E-state index contributed by atoms with van der Waals surface area (Å²) in [5.74, 6) is -0.696. The molecule has 45 heavy (non-hydrogen) atoms. The number of benzene rings is 2. The lowest BCUT2D eigenvalue weighted by atomic mass is 9.97. The Hall–Kier alpha value is -4.59. The lowest BCUT2D eigenvalue weighted by molar-refractivity contribution is 0.190. The summed E-state index contributed by atoms with van der Waals surface area (Å²) in [7, 11) is -3.48. The number of hydrogen-bond donors (Lipinski definition) is 4. The van der Waals surface area contributed by atoms with Crippen LogP contribution in [0, 0.1) is 11.6 Å². The van der Waals surface area contributed by atoms with Crippen LogP contribution in [-0.2, 0) is 23.1 Å². The number of nitrogens with one attached hydrogen (secondary N) is 3. The van der Waals surface area contributed by atoms with E-state index < -0.39 is 27.9 Å². The topological polar surface area (TPSA) is 145 Å². The van der Waals surface area contributed by atoms with E-state index in [1.54, 1.807) is 42.9 Å². The van der Waals surface area contributed by atoms with Crippen LogP contribution < -0.4 is 10.0 Å². The van der Waals surface area contributed by atoms with Gasteiger partial charge < -0.3 is 15.4 Å². The molecule has 10 nitrogen and oxygen atoms in total. The van der Waals surface area contributed by atoms with Crippen molar-refractivity contribution in [2.24, 2.45) is 4.99 Å². The van der Waals surface area contributed by atoms with Gasteiger partial charge in [-0.1, -0.05) is 25.5 Å². The average Bonchev–Trinajstić information content (AvgIpc) is 3.63. The van der Waals surface area contributed by atoms with Crippen LogP contribution in [0.15, 0.2) is 66.0 Å². The number of aromatic amines is 1. The third kappa shape index (κ3) is 6.60. The quantitative estimate of drug-likeness (QED) is 0.145. The van der Waals surface area contributed by atoms with E-state index >= 15 is 4.39 Å². The number of imidazole rings is 1. The number of aliphatic hydroxyl groups is 1. The predicted molar refractivity (Wildman–Crippen MR) is 169 cm³/mol. The molecule has 4 N–H and O–H groups in total. The Morgan fingerprint density at radius 1 is 1.09 bits per heavy atom. The third-order valence-electron chi connectivity index (χ3n) is 7.48. The Bertz CT molecular complexity index is 2050. The van der Waals surface area contributed by atoms with Crippen molar-refractivity contribution in [2.45, 2.75) is 45.5 Å². The second kappa shape index (κ2) is 12.4. The van der Waals surface area contributed by atoms with E-state index in [1.807, 2.05) is 13.0 Å². The van der Waals surface area contributed by atoms with Gasteiger partial charge in [0.15, 0.2) is 5.82 Å². The number of rotatable bonds is 11. The predicted octanol–water partition coefficient (Wildman–Crippen LogP) is 5.29. The summed E-state index contributed by atoms with van der Waals surface area (Å²) in [5.41, 5.74) is 5.04. The van der Waals surface area contributed by atoms with Gasteiger partial charge in [-0.25, -0.2) is 26.9 Å². The molecule has 232 valence electrons. The molecular formula is C32H31F2N7O3S. The van der Waals surface area contributed by atoms with Gasteiger partial charge >= 0.3 is 0 Å². The van der Waals surface area contributed by atoms with E-state index in [4.69, 9.17) is 4.98 Å². The van der Waals surface area contributed by atoms with E-state index in [1.165, 1.54) is 12.1 Å². The zero-order chi connectivity index (χ0) is 31.7.